The zero-order valence-electron chi connectivity index (χ0n) is 8.36. The molecule has 13 heavy (non-hydrogen) atoms. The van der Waals surface area contributed by atoms with Gasteiger partial charge in [-0.2, -0.15) is 0 Å². The number of rotatable bonds is 4. The van der Waals surface area contributed by atoms with Gasteiger partial charge in [0, 0.05) is 11.8 Å². The van der Waals surface area contributed by atoms with Crippen LogP contribution < -0.4 is 0 Å². The molecule has 0 bridgehead atoms. The highest BCUT2D eigenvalue weighted by Gasteiger charge is 2.24. The van der Waals surface area contributed by atoms with Gasteiger partial charge in [0.2, 0.25) is 14.4 Å². The monoisotopic (exact) mass is 205 g/mol. The van der Waals surface area contributed by atoms with Gasteiger partial charge < -0.3 is 4.43 Å². The molecule has 0 saturated heterocycles. The summed E-state index contributed by atoms with van der Waals surface area (Å²) >= 11 is 0. The van der Waals surface area contributed by atoms with E-state index in [2.05, 4.69) is 0 Å². The standard InChI is InChI=1S/C7H15NO4Si/c1-6(8(10)11)5-7(9)12-13(2,3)4/h6H,5H2,1-4H3. The molecule has 76 valence electrons. The van der Waals surface area contributed by atoms with Crippen molar-refractivity contribution in [3.8, 4) is 0 Å². The van der Waals surface area contributed by atoms with E-state index in [4.69, 9.17) is 4.43 Å². The Morgan fingerprint density at radius 2 is 2.00 bits per heavy atom. The van der Waals surface area contributed by atoms with E-state index in [0.29, 0.717) is 0 Å². The lowest BCUT2D eigenvalue weighted by atomic mass is 10.2. The average molecular weight is 205 g/mol. The summed E-state index contributed by atoms with van der Waals surface area (Å²) in [6.45, 7) is 6.98. The van der Waals surface area contributed by atoms with Crippen LogP contribution in [0.25, 0.3) is 0 Å². The third-order valence-corrected chi connectivity index (χ3v) is 2.08. The van der Waals surface area contributed by atoms with Crippen LogP contribution in [0.3, 0.4) is 0 Å². The summed E-state index contributed by atoms with van der Waals surface area (Å²) < 4.78 is 5.05. The van der Waals surface area contributed by atoms with E-state index in [-0.39, 0.29) is 6.42 Å². The van der Waals surface area contributed by atoms with Gasteiger partial charge in [-0.05, 0) is 19.6 Å². The lowest BCUT2D eigenvalue weighted by molar-refractivity contribution is -0.517. The molecule has 0 aromatic carbocycles. The molecule has 1 atom stereocenters. The molecule has 0 rings (SSSR count). The lowest BCUT2D eigenvalue weighted by Crippen LogP contribution is -2.31. The van der Waals surface area contributed by atoms with Gasteiger partial charge >= 0.3 is 0 Å². The Bertz CT molecular complexity index is 211. The van der Waals surface area contributed by atoms with Crippen LogP contribution in [-0.2, 0) is 9.22 Å². The van der Waals surface area contributed by atoms with Crippen LogP contribution in [0.4, 0.5) is 0 Å². The lowest BCUT2D eigenvalue weighted by Gasteiger charge is -2.17. The number of carbonyl (C=O) groups excluding carboxylic acids is 1. The fourth-order valence-electron chi connectivity index (χ4n) is 0.699. The van der Waals surface area contributed by atoms with Crippen molar-refractivity contribution in [3.05, 3.63) is 10.1 Å². The summed E-state index contributed by atoms with van der Waals surface area (Å²) in [5, 5.41) is 10.2. The predicted molar refractivity (Wildman–Crippen MR) is 50.5 cm³/mol. The summed E-state index contributed by atoms with van der Waals surface area (Å²) in [7, 11) is -1.89. The van der Waals surface area contributed by atoms with Gasteiger partial charge in [-0.3, -0.25) is 14.9 Å². The maximum Gasteiger partial charge on any atom is 0.299 e. The van der Waals surface area contributed by atoms with Gasteiger partial charge in [0.25, 0.3) is 5.97 Å². The van der Waals surface area contributed by atoms with Crippen molar-refractivity contribution in [3.63, 3.8) is 0 Å². The normalized spacial score (nSPS) is 13.5. The van der Waals surface area contributed by atoms with E-state index in [1.807, 2.05) is 19.6 Å². The Morgan fingerprint density at radius 3 is 2.31 bits per heavy atom. The van der Waals surface area contributed by atoms with E-state index < -0.39 is 25.3 Å². The minimum absolute atomic E-state index is 0.142. The predicted octanol–water partition coefficient (Wildman–Crippen LogP) is 1.42. The second kappa shape index (κ2) is 4.36. The van der Waals surface area contributed by atoms with E-state index in [9.17, 15) is 14.9 Å². The van der Waals surface area contributed by atoms with E-state index >= 15 is 0 Å². The molecule has 0 aliphatic heterocycles. The van der Waals surface area contributed by atoms with Crippen LogP contribution >= 0.6 is 0 Å². The van der Waals surface area contributed by atoms with Crippen LogP contribution in [0.5, 0.6) is 0 Å². The Labute approximate surface area is 78.4 Å². The molecule has 0 aromatic heterocycles. The fraction of sp³-hybridized carbons (Fsp3) is 0.857. The minimum atomic E-state index is -1.89. The van der Waals surface area contributed by atoms with Crippen LogP contribution in [0.15, 0.2) is 0 Å². The van der Waals surface area contributed by atoms with Crippen molar-refractivity contribution < 1.29 is 14.1 Å². The van der Waals surface area contributed by atoms with Crippen LogP contribution in [-0.4, -0.2) is 25.3 Å². The molecule has 0 spiro atoms. The van der Waals surface area contributed by atoms with Crippen molar-refractivity contribution in [2.24, 2.45) is 0 Å². The van der Waals surface area contributed by atoms with Gasteiger partial charge in [-0.1, -0.05) is 0 Å². The second-order valence-corrected chi connectivity index (χ2v) is 8.35. The number of hydrogen-bond donors (Lipinski definition) is 0. The highest BCUT2D eigenvalue weighted by Crippen LogP contribution is 2.06. The molecule has 0 saturated carbocycles. The molecule has 0 aliphatic rings. The molecule has 6 heteroatoms. The molecule has 0 N–H and O–H groups in total. The smallest absolute Gasteiger partial charge is 0.299 e. The fourth-order valence-corrected chi connectivity index (χ4v) is 1.47. The molecular weight excluding hydrogens is 190 g/mol. The van der Waals surface area contributed by atoms with Gasteiger partial charge in [0.1, 0.15) is 6.42 Å². The van der Waals surface area contributed by atoms with Gasteiger partial charge in [-0.25, -0.2) is 0 Å². The van der Waals surface area contributed by atoms with Crippen molar-refractivity contribution in [2.45, 2.75) is 39.0 Å². The Kier molecular flexibility index (Phi) is 4.05. The van der Waals surface area contributed by atoms with Gasteiger partial charge in [0.15, 0.2) is 0 Å². The number of hydrogen-bond acceptors (Lipinski definition) is 4. The summed E-state index contributed by atoms with van der Waals surface area (Å²) in [6.07, 6.45) is -0.142. The summed E-state index contributed by atoms with van der Waals surface area (Å²) in [4.78, 5) is 20.8. The maximum absolute atomic E-state index is 11.1. The quantitative estimate of drug-likeness (QED) is 0.395. The molecule has 0 radical (unpaired) electrons. The van der Waals surface area contributed by atoms with Crippen molar-refractivity contribution in [2.75, 3.05) is 0 Å². The minimum Gasteiger partial charge on any atom is -0.520 e. The van der Waals surface area contributed by atoms with Crippen LogP contribution in [0.2, 0.25) is 19.6 Å². The Morgan fingerprint density at radius 1 is 1.54 bits per heavy atom. The molecule has 0 aliphatic carbocycles. The summed E-state index contributed by atoms with van der Waals surface area (Å²) in [5.74, 6) is -0.469. The van der Waals surface area contributed by atoms with E-state index in [1.54, 1.807) is 0 Å². The van der Waals surface area contributed by atoms with Crippen molar-refractivity contribution in [1.29, 1.82) is 0 Å². The first kappa shape index (κ1) is 12.1. The molecule has 0 aromatic rings. The third kappa shape index (κ3) is 6.27. The number of carbonyl (C=O) groups is 1. The molecule has 5 nitrogen and oxygen atoms in total. The third-order valence-electron chi connectivity index (χ3n) is 1.24. The highest BCUT2D eigenvalue weighted by atomic mass is 28.4. The first-order valence-electron chi connectivity index (χ1n) is 4.07. The van der Waals surface area contributed by atoms with Gasteiger partial charge in [0.05, 0.1) is 0 Å². The topological polar surface area (TPSA) is 69.4 Å². The highest BCUT2D eigenvalue weighted by molar-refractivity contribution is 6.71. The summed E-state index contributed by atoms with van der Waals surface area (Å²) in [5.41, 5.74) is 0. The Hall–Kier alpha value is -0.913. The van der Waals surface area contributed by atoms with Crippen molar-refractivity contribution >= 4 is 14.3 Å². The van der Waals surface area contributed by atoms with Crippen LogP contribution in [0.1, 0.15) is 13.3 Å². The maximum atomic E-state index is 11.1. The zero-order valence-corrected chi connectivity index (χ0v) is 9.36. The van der Waals surface area contributed by atoms with Crippen LogP contribution in [0, 0.1) is 10.1 Å². The largest absolute Gasteiger partial charge is 0.520 e. The number of nitro groups is 1. The first-order valence-corrected chi connectivity index (χ1v) is 7.48. The number of nitrogens with zero attached hydrogens (tertiary/aromatic N) is 1. The molecular formula is C7H15NO4Si. The summed E-state index contributed by atoms with van der Waals surface area (Å²) in [6, 6.07) is -0.858. The van der Waals surface area contributed by atoms with E-state index in [1.165, 1.54) is 6.92 Å². The first-order chi connectivity index (χ1) is 5.72. The molecule has 0 heterocycles. The average Bonchev–Trinajstić information content (AvgIpc) is 1.81. The SMILES string of the molecule is CC(CC(=O)O[Si](C)(C)C)[N+](=O)[O-]. The van der Waals surface area contributed by atoms with E-state index in [0.717, 1.165) is 0 Å². The van der Waals surface area contributed by atoms with Gasteiger partial charge in [-0.15, -0.1) is 0 Å². The molecule has 0 fully saturated rings. The zero-order chi connectivity index (χ0) is 10.6. The Balaban J connectivity index is 3.96. The second-order valence-electron chi connectivity index (χ2n) is 3.92. The molecule has 1 unspecified atom stereocenters. The van der Waals surface area contributed by atoms with Crippen molar-refractivity contribution in [1.82, 2.24) is 0 Å². The molecule has 0 amide bonds.